The van der Waals surface area contributed by atoms with Crippen LogP contribution in [0, 0.1) is 13.8 Å². The minimum Gasteiger partial charge on any atom is -0.484 e. The summed E-state index contributed by atoms with van der Waals surface area (Å²) in [4.78, 5) is 11.8. The summed E-state index contributed by atoms with van der Waals surface area (Å²) in [5.74, 6) is 0.124. The Hall–Kier alpha value is -2.50. The first-order valence-corrected chi connectivity index (χ1v) is 6.93. The maximum absolute atomic E-state index is 12.4. The van der Waals surface area contributed by atoms with Crippen LogP contribution in [0.1, 0.15) is 16.7 Å². The fraction of sp³-hybridized carbons (Fsp3) is 0.235. The Morgan fingerprint density at radius 3 is 2.26 bits per heavy atom. The van der Waals surface area contributed by atoms with Crippen molar-refractivity contribution in [3.05, 3.63) is 59.2 Å². The zero-order valence-electron chi connectivity index (χ0n) is 12.7. The van der Waals surface area contributed by atoms with Gasteiger partial charge in [-0.3, -0.25) is 4.79 Å². The van der Waals surface area contributed by atoms with Crippen molar-refractivity contribution in [3.8, 4) is 5.75 Å². The number of hydrogen-bond acceptors (Lipinski definition) is 2. The molecule has 0 radical (unpaired) electrons. The van der Waals surface area contributed by atoms with Gasteiger partial charge in [-0.1, -0.05) is 6.07 Å². The van der Waals surface area contributed by atoms with Crippen LogP contribution in [0.5, 0.6) is 5.75 Å². The quantitative estimate of drug-likeness (QED) is 0.909. The number of amides is 1. The van der Waals surface area contributed by atoms with E-state index < -0.39 is 17.6 Å². The lowest BCUT2D eigenvalue weighted by atomic mass is 10.1. The minimum atomic E-state index is -4.39. The Labute approximate surface area is 132 Å². The smallest absolute Gasteiger partial charge is 0.416 e. The Bertz CT molecular complexity index is 694. The lowest BCUT2D eigenvalue weighted by Gasteiger charge is -2.10. The van der Waals surface area contributed by atoms with Crippen molar-refractivity contribution in [2.24, 2.45) is 0 Å². The van der Waals surface area contributed by atoms with Crippen LogP contribution in [-0.4, -0.2) is 12.5 Å². The van der Waals surface area contributed by atoms with Gasteiger partial charge in [-0.05, 0) is 61.4 Å². The summed E-state index contributed by atoms with van der Waals surface area (Å²) in [5, 5.41) is 2.49. The predicted molar refractivity (Wildman–Crippen MR) is 81.5 cm³/mol. The van der Waals surface area contributed by atoms with Gasteiger partial charge in [-0.2, -0.15) is 13.2 Å². The fourth-order valence-electron chi connectivity index (χ4n) is 1.89. The van der Waals surface area contributed by atoms with Crippen molar-refractivity contribution in [2.45, 2.75) is 20.0 Å². The van der Waals surface area contributed by atoms with E-state index in [2.05, 4.69) is 5.32 Å². The molecule has 6 heteroatoms. The molecule has 2 rings (SSSR count). The molecule has 0 unspecified atom stereocenters. The summed E-state index contributed by atoms with van der Waals surface area (Å²) in [6.45, 7) is 3.68. The first-order valence-electron chi connectivity index (χ1n) is 6.93. The molecule has 0 saturated carbocycles. The van der Waals surface area contributed by atoms with E-state index in [1.807, 2.05) is 26.0 Å². The number of anilines is 1. The van der Waals surface area contributed by atoms with Gasteiger partial charge in [0.25, 0.3) is 5.91 Å². The Kier molecular flexibility index (Phi) is 4.93. The predicted octanol–water partition coefficient (Wildman–Crippen LogP) is 4.34. The molecule has 0 atom stereocenters. The van der Waals surface area contributed by atoms with E-state index in [1.54, 1.807) is 6.07 Å². The second-order valence-electron chi connectivity index (χ2n) is 5.16. The average molecular weight is 323 g/mol. The minimum absolute atomic E-state index is 0.219. The van der Waals surface area contributed by atoms with Crippen LogP contribution >= 0.6 is 0 Å². The van der Waals surface area contributed by atoms with Crippen molar-refractivity contribution in [2.75, 3.05) is 11.9 Å². The van der Waals surface area contributed by atoms with Gasteiger partial charge in [0.05, 0.1) is 5.56 Å². The van der Waals surface area contributed by atoms with E-state index in [0.29, 0.717) is 5.75 Å². The molecule has 0 aliphatic carbocycles. The number of halogens is 3. The second-order valence-corrected chi connectivity index (χ2v) is 5.16. The van der Waals surface area contributed by atoms with Crippen molar-refractivity contribution >= 4 is 11.6 Å². The normalized spacial score (nSPS) is 11.2. The Balaban J connectivity index is 1.90. The third kappa shape index (κ3) is 4.74. The molecule has 2 aromatic carbocycles. The first kappa shape index (κ1) is 16.9. The standard InChI is InChI=1S/C17H16F3NO2/c1-11-3-8-15(9-12(11)2)23-10-16(22)21-14-6-4-13(5-7-14)17(18,19)20/h3-9H,10H2,1-2H3,(H,21,22). The summed E-state index contributed by atoms with van der Waals surface area (Å²) in [7, 11) is 0. The number of nitrogens with one attached hydrogen (secondary N) is 1. The largest absolute Gasteiger partial charge is 0.484 e. The van der Waals surface area contributed by atoms with E-state index in [9.17, 15) is 18.0 Å². The molecule has 3 nitrogen and oxygen atoms in total. The van der Waals surface area contributed by atoms with Crippen LogP contribution in [0.15, 0.2) is 42.5 Å². The van der Waals surface area contributed by atoms with E-state index in [0.717, 1.165) is 23.3 Å². The molecule has 0 spiro atoms. The monoisotopic (exact) mass is 323 g/mol. The lowest BCUT2D eigenvalue weighted by molar-refractivity contribution is -0.137. The van der Waals surface area contributed by atoms with E-state index in [-0.39, 0.29) is 12.3 Å². The van der Waals surface area contributed by atoms with Crippen LogP contribution < -0.4 is 10.1 Å². The molecule has 0 saturated heterocycles. The number of carbonyl (C=O) groups is 1. The molecule has 0 aliphatic heterocycles. The molecule has 0 aromatic heterocycles. The summed E-state index contributed by atoms with van der Waals surface area (Å²) in [6, 6.07) is 9.71. The van der Waals surface area contributed by atoms with Gasteiger partial charge in [0, 0.05) is 5.69 Å². The van der Waals surface area contributed by atoms with Gasteiger partial charge >= 0.3 is 6.18 Å². The second kappa shape index (κ2) is 6.73. The number of rotatable bonds is 4. The highest BCUT2D eigenvalue weighted by molar-refractivity contribution is 5.91. The van der Waals surface area contributed by atoms with E-state index >= 15 is 0 Å². The molecule has 2 aromatic rings. The maximum atomic E-state index is 12.4. The van der Waals surface area contributed by atoms with Crippen molar-refractivity contribution < 1.29 is 22.7 Å². The van der Waals surface area contributed by atoms with E-state index in [4.69, 9.17) is 4.74 Å². The van der Waals surface area contributed by atoms with Crippen LogP contribution in [0.25, 0.3) is 0 Å². The molecule has 1 N–H and O–H groups in total. The number of hydrogen-bond donors (Lipinski definition) is 1. The molecule has 0 aliphatic rings. The molecule has 0 bridgehead atoms. The van der Waals surface area contributed by atoms with Gasteiger partial charge in [0.1, 0.15) is 5.75 Å². The van der Waals surface area contributed by atoms with Gasteiger partial charge in [-0.15, -0.1) is 0 Å². The fourth-order valence-corrected chi connectivity index (χ4v) is 1.89. The SMILES string of the molecule is Cc1ccc(OCC(=O)Nc2ccc(C(F)(F)F)cc2)cc1C. The molecule has 122 valence electrons. The summed E-state index contributed by atoms with van der Waals surface area (Å²) in [6.07, 6.45) is -4.39. The summed E-state index contributed by atoms with van der Waals surface area (Å²) < 4.78 is 42.7. The highest BCUT2D eigenvalue weighted by atomic mass is 19.4. The van der Waals surface area contributed by atoms with Gasteiger partial charge < -0.3 is 10.1 Å². The van der Waals surface area contributed by atoms with Crippen LogP contribution in [-0.2, 0) is 11.0 Å². The third-order valence-corrected chi connectivity index (χ3v) is 3.34. The number of alkyl halides is 3. The number of aryl methyl sites for hydroxylation is 2. The van der Waals surface area contributed by atoms with Crippen molar-refractivity contribution in [3.63, 3.8) is 0 Å². The molecule has 0 fully saturated rings. The van der Waals surface area contributed by atoms with Crippen LogP contribution in [0.3, 0.4) is 0 Å². The zero-order valence-corrected chi connectivity index (χ0v) is 12.7. The molecule has 1 amide bonds. The molecule has 23 heavy (non-hydrogen) atoms. The van der Waals surface area contributed by atoms with Crippen molar-refractivity contribution in [1.29, 1.82) is 0 Å². The van der Waals surface area contributed by atoms with Gasteiger partial charge in [0.15, 0.2) is 6.61 Å². The number of ether oxygens (including phenoxy) is 1. The maximum Gasteiger partial charge on any atom is 0.416 e. The van der Waals surface area contributed by atoms with Crippen LogP contribution in [0.4, 0.5) is 18.9 Å². The topological polar surface area (TPSA) is 38.3 Å². The van der Waals surface area contributed by atoms with Gasteiger partial charge in [-0.25, -0.2) is 0 Å². The summed E-state index contributed by atoms with van der Waals surface area (Å²) in [5.41, 5.74) is 1.69. The average Bonchev–Trinajstić information content (AvgIpc) is 2.48. The summed E-state index contributed by atoms with van der Waals surface area (Å²) >= 11 is 0. The van der Waals surface area contributed by atoms with Crippen LogP contribution in [0.2, 0.25) is 0 Å². The van der Waals surface area contributed by atoms with E-state index in [1.165, 1.54) is 12.1 Å². The molecular weight excluding hydrogens is 307 g/mol. The number of carbonyl (C=O) groups excluding carboxylic acids is 1. The Morgan fingerprint density at radius 2 is 1.70 bits per heavy atom. The highest BCUT2D eigenvalue weighted by Gasteiger charge is 2.29. The molecular formula is C17H16F3NO2. The first-order chi connectivity index (χ1) is 10.8. The Morgan fingerprint density at radius 1 is 1.04 bits per heavy atom. The zero-order chi connectivity index (χ0) is 17.0. The van der Waals surface area contributed by atoms with Crippen molar-refractivity contribution in [1.82, 2.24) is 0 Å². The third-order valence-electron chi connectivity index (χ3n) is 3.34. The molecule has 0 heterocycles. The van der Waals surface area contributed by atoms with Gasteiger partial charge in [0.2, 0.25) is 0 Å². The highest BCUT2D eigenvalue weighted by Crippen LogP contribution is 2.29. The lowest BCUT2D eigenvalue weighted by Crippen LogP contribution is -2.20. The number of benzene rings is 2.